The van der Waals surface area contributed by atoms with Crippen molar-refractivity contribution in [1.82, 2.24) is 0 Å². The van der Waals surface area contributed by atoms with Crippen molar-refractivity contribution < 1.29 is 45.4 Å². The van der Waals surface area contributed by atoms with Crippen molar-refractivity contribution in [3.05, 3.63) is 58.7 Å². The van der Waals surface area contributed by atoms with Crippen molar-refractivity contribution in [2.45, 2.75) is 32.1 Å². The van der Waals surface area contributed by atoms with Crippen LogP contribution in [-0.2, 0) is 12.4 Å². The van der Waals surface area contributed by atoms with Gasteiger partial charge in [-0.15, -0.1) is 0 Å². The van der Waals surface area contributed by atoms with Crippen LogP contribution in [0.4, 0.5) is 26.3 Å². The number of ether oxygens (including phenoxy) is 2. The summed E-state index contributed by atoms with van der Waals surface area (Å²) < 4.78 is 92.0. The lowest BCUT2D eigenvalue weighted by atomic mass is 10.0. The number of methoxy groups -OCH3 is 2. The van der Waals surface area contributed by atoms with Crippen LogP contribution in [0.15, 0.2) is 36.4 Å². The quantitative estimate of drug-likeness (QED) is 0.278. The summed E-state index contributed by atoms with van der Waals surface area (Å²) in [6, 6.07) is 5.66. The molecule has 0 amide bonds. The van der Waals surface area contributed by atoms with Crippen molar-refractivity contribution in [2.75, 3.05) is 20.4 Å². The van der Waals surface area contributed by atoms with Crippen molar-refractivity contribution in [3.63, 3.8) is 0 Å². The third kappa shape index (κ3) is 5.85. The lowest BCUT2D eigenvalue weighted by molar-refractivity contribution is -0.143. The van der Waals surface area contributed by atoms with Crippen LogP contribution < -0.4 is 9.47 Å². The molecule has 0 saturated heterocycles. The maximum absolute atomic E-state index is 13.6. The highest BCUT2D eigenvalue weighted by Gasteiger charge is 2.45. The van der Waals surface area contributed by atoms with Gasteiger partial charge < -0.3 is 9.47 Å². The Bertz CT molecular complexity index is 962. The van der Waals surface area contributed by atoms with E-state index >= 15 is 0 Å². The van der Waals surface area contributed by atoms with Crippen LogP contribution in [0, 0.1) is 0 Å². The molecular weight excluding hydrogens is 473 g/mol. The Balaban J connectivity index is 2.76. The lowest BCUT2D eigenvalue weighted by Gasteiger charge is -2.22. The fourth-order valence-electron chi connectivity index (χ4n) is 3.20. The molecule has 1 unspecified atom stereocenters. The molecule has 0 fully saturated rings. The molecule has 0 heterocycles. The van der Waals surface area contributed by atoms with Crippen LogP contribution in [0.5, 0.6) is 11.5 Å². The van der Waals surface area contributed by atoms with Crippen LogP contribution in [0.1, 0.15) is 51.6 Å². The molecule has 11 heteroatoms. The molecule has 0 aliphatic heterocycles. The molecule has 1 atom stereocenters. The smallest absolute Gasteiger partial charge is 0.417 e. The van der Waals surface area contributed by atoms with Gasteiger partial charge in [0, 0.05) is 13.5 Å². The number of hydrogen-bond acceptors (Lipinski definition) is 4. The average Bonchev–Trinajstić information content (AvgIpc) is 2.76. The highest BCUT2D eigenvalue weighted by Crippen LogP contribution is 2.51. The standard InChI is InChI=1S/C22H21F6O4P/c1-4-5-12-33(20(30)18-15(31-2)10-7-11-16(18)32-3)19(29)17-13(21(23,24)25)8-6-9-14(17)22(26,27)28/h6-11H,4-5,12H2,1-3H3. The van der Waals surface area contributed by atoms with E-state index in [0.29, 0.717) is 24.6 Å². The zero-order valence-corrected chi connectivity index (χ0v) is 18.8. The SMILES string of the molecule is CCCCP(C(=O)c1c(OC)cccc1OC)C(=O)c1c(C(F)(F)F)cccc1C(F)(F)F. The molecule has 0 aromatic heterocycles. The summed E-state index contributed by atoms with van der Waals surface area (Å²) in [5.41, 5.74) is -7.60. The minimum Gasteiger partial charge on any atom is -0.496 e. The molecular formula is C22H21F6O4P. The van der Waals surface area contributed by atoms with E-state index in [4.69, 9.17) is 9.47 Å². The third-order valence-electron chi connectivity index (χ3n) is 4.76. The van der Waals surface area contributed by atoms with E-state index in [9.17, 15) is 35.9 Å². The van der Waals surface area contributed by atoms with Crippen LogP contribution in [-0.4, -0.2) is 31.4 Å². The Kier molecular flexibility index (Phi) is 8.52. The van der Waals surface area contributed by atoms with E-state index in [-0.39, 0.29) is 29.6 Å². The predicted molar refractivity (Wildman–Crippen MR) is 111 cm³/mol. The monoisotopic (exact) mass is 494 g/mol. The summed E-state index contributed by atoms with van der Waals surface area (Å²) in [6.45, 7) is 1.72. The van der Waals surface area contributed by atoms with Gasteiger partial charge in [-0.25, -0.2) is 0 Å². The molecule has 4 nitrogen and oxygen atoms in total. The minimum absolute atomic E-state index is 0.00343. The van der Waals surface area contributed by atoms with E-state index in [2.05, 4.69) is 0 Å². The number of halogens is 6. The summed E-state index contributed by atoms with van der Waals surface area (Å²) >= 11 is 0. The zero-order valence-electron chi connectivity index (χ0n) is 17.9. The van der Waals surface area contributed by atoms with E-state index < -0.39 is 48.0 Å². The molecule has 0 radical (unpaired) electrons. The second-order valence-electron chi connectivity index (χ2n) is 6.88. The maximum Gasteiger partial charge on any atom is 0.417 e. The minimum atomic E-state index is -5.23. The predicted octanol–water partition coefficient (Wildman–Crippen LogP) is 7.00. The summed E-state index contributed by atoms with van der Waals surface area (Å²) in [6.07, 6.45) is -9.94. The van der Waals surface area contributed by atoms with Gasteiger partial charge in [0.25, 0.3) is 0 Å². The second kappa shape index (κ2) is 10.5. The topological polar surface area (TPSA) is 52.6 Å². The normalized spacial score (nSPS) is 12.9. The molecule has 2 rings (SSSR count). The number of rotatable bonds is 9. The number of alkyl halides is 6. The second-order valence-corrected chi connectivity index (χ2v) is 8.99. The Hall–Kier alpha value is -2.61. The van der Waals surface area contributed by atoms with Crippen molar-refractivity contribution in [1.29, 1.82) is 0 Å². The first-order valence-electron chi connectivity index (χ1n) is 9.73. The molecule has 0 bridgehead atoms. The molecule has 0 aliphatic rings. The first-order valence-corrected chi connectivity index (χ1v) is 11.3. The Morgan fingerprint density at radius 3 is 1.61 bits per heavy atom. The van der Waals surface area contributed by atoms with Gasteiger partial charge in [0.05, 0.1) is 25.3 Å². The van der Waals surface area contributed by atoms with Gasteiger partial charge in [0.2, 0.25) is 0 Å². The molecule has 0 saturated carbocycles. The van der Waals surface area contributed by atoms with Crippen molar-refractivity contribution in [3.8, 4) is 11.5 Å². The summed E-state index contributed by atoms with van der Waals surface area (Å²) in [7, 11) is -0.173. The van der Waals surface area contributed by atoms with Crippen LogP contribution in [0.25, 0.3) is 0 Å². The highest BCUT2D eigenvalue weighted by atomic mass is 31.1. The molecule has 0 N–H and O–H groups in total. The molecule has 2 aromatic rings. The molecule has 33 heavy (non-hydrogen) atoms. The zero-order chi connectivity index (χ0) is 25.0. The van der Waals surface area contributed by atoms with E-state index in [0.717, 1.165) is 0 Å². The summed E-state index contributed by atoms with van der Waals surface area (Å²) in [5.74, 6) is -0.00685. The number of carbonyl (C=O) groups is 2. The molecule has 2 aromatic carbocycles. The fraction of sp³-hybridized carbons (Fsp3) is 0.364. The maximum atomic E-state index is 13.6. The average molecular weight is 494 g/mol. The number of carbonyl (C=O) groups excluding carboxylic acids is 2. The number of unbranched alkanes of at least 4 members (excludes halogenated alkanes) is 1. The Labute approximate surface area is 187 Å². The first-order chi connectivity index (χ1) is 15.4. The van der Waals surface area contributed by atoms with Gasteiger partial charge in [-0.2, -0.15) is 26.3 Å². The number of hydrogen-bond donors (Lipinski definition) is 0. The van der Waals surface area contributed by atoms with E-state index in [1.54, 1.807) is 6.92 Å². The van der Waals surface area contributed by atoms with Gasteiger partial charge >= 0.3 is 12.4 Å². The summed E-state index contributed by atoms with van der Waals surface area (Å²) in [4.78, 5) is 26.8. The van der Waals surface area contributed by atoms with Gasteiger partial charge in [-0.3, -0.25) is 9.59 Å². The van der Waals surface area contributed by atoms with E-state index in [1.807, 2.05) is 0 Å². The van der Waals surface area contributed by atoms with Crippen molar-refractivity contribution >= 4 is 19.0 Å². The Morgan fingerprint density at radius 2 is 1.21 bits per heavy atom. The van der Waals surface area contributed by atoms with E-state index in [1.165, 1.54) is 32.4 Å². The largest absolute Gasteiger partial charge is 0.496 e. The van der Waals surface area contributed by atoms with Gasteiger partial charge in [0.1, 0.15) is 17.1 Å². The van der Waals surface area contributed by atoms with Crippen LogP contribution in [0.3, 0.4) is 0 Å². The van der Waals surface area contributed by atoms with Gasteiger partial charge in [-0.1, -0.05) is 25.5 Å². The molecule has 0 spiro atoms. The Morgan fingerprint density at radius 1 is 0.788 bits per heavy atom. The summed E-state index contributed by atoms with van der Waals surface area (Å²) in [5, 5.41) is 0. The van der Waals surface area contributed by atoms with Gasteiger partial charge in [0.15, 0.2) is 11.0 Å². The molecule has 0 aliphatic carbocycles. The first kappa shape index (κ1) is 26.6. The van der Waals surface area contributed by atoms with Crippen LogP contribution in [0.2, 0.25) is 0 Å². The highest BCUT2D eigenvalue weighted by molar-refractivity contribution is 7.90. The van der Waals surface area contributed by atoms with Crippen molar-refractivity contribution in [2.24, 2.45) is 0 Å². The lowest BCUT2D eigenvalue weighted by Crippen LogP contribution is -2.21. The number of benzene rings is 2. The van der Waals surface area contributed by atoms with Crippen LogP contribution >= 0.6 is 7.92 Å². The third-order valence-corrected chi connectivity index (χ3v) is 6.95. The molecule has 180 valence electrons. The van der Waals surface area contributed by atoms with Gasteiger partial charge in [-0.05, 0) is 36.8 Å². The fourth-order valence-corrected chi connectivity index (χ4v) is 5.42.